The van der Waals surface area contributed by atoms with E-state index >= 15 is 0 Å². The Balaban J connectivity index is 2.79. The second kappa shape index (κ2) is 4.42. The predicted molar refractivity (Wildman–Crippen MR) is 66.7 cm³/mol. The maximum atomic E-state index is 2.69. The van der Waals surface area contributed by atoms with Gasteiger partial charge in [-0.05, 0) is 41.0 Å². The highest BCUT2D eigenvalue weighted by Crippen LogP contribution is 2.30. The first kappa shape index (κ1) is 13.0. The molecule has 1 saturated heterocycles. The maximum absolute atomic E-state index is 2.69. The molecule has 0 saturated carbocycles. The first-order valence-electron chi connectivity index (χ1n) is 6.52. The summed E-state index contributed by atoms with van der Waals surface area (Å²) in [5.41, 5.74) is 0.374. The number of likely N-dealkylation sites (N-methyl/N-ethyl adjacent to an activating group) is 1. The van der Waals surface area contributed by atoms with Crippen molar-refractivity contribution in [2.45, 2.75) is 59.5 Å². The standard InChI is InChI=1S/C13H29N2/c1-7-13(5,6)14-10-12(4)15(8-2,9-3)11-14/h12H,7-11H2,1-6H3/q+1. The zero-order valence-corrected chi connectivity index (χ0v) is 11.5. The summed E-state index contributed by atoms with van der Waals surface area (Å²) in [7, 11) is 0. The second-order valence-corrected chi connectivity index (χ2v) is 5.73. The fraction of sp³-hybridized carbons (Fsp3) is 1.00. The lowest BCUT2D eigenvalue weighted by atomic mass is 10.00. The van der Waals surface area contributed by atoms with E-state index in [4.69, 9.17) is 0 Å². The summed E-state index contributed by atoms with van der Waals surface area (Å²) >= 11 is 0. The third kappa shape index (κ3) is 2.21. The van der Waals surface area contributed by atoms with Crippen LogP contribution < -0.4 is 0 Å². The van der Waals surface area contributed by atoms with E-state index in [2.05, 4.69) is 46.4 Å². The van der Waals surface area contributed by atoms with Crippen molar-refractivity contribution >= 4 is 0 Å². The van der Waals surface area contributed by atoms with Crippen molar-refractivity contribution in [1.29, 1.82) is 0 Å². The Bertz CT molecular complexity index is 207. The van der Waals surface area contributed by atoms with Crippen LogP contribution in [0.2, 0.25) is 0 Å². The third-order valence-corrected chi connectivity index (χ3v) is 4.85. The highest BCUT2D eigenvalue weighted by molar-refractivity contribution is 4.83. The Labute approximate surface area is 95.8 Å². The van der Waals surface area contributed by atoms with Gasteiger partial charge in [-0.3, -0.25) is 0 Å². The zero-order valence-electron chi connectivity index (χ0n) is 11.5. The van der Waals surface area contributed by atoms with Crippen LogP contribution in [-0.4, -0.2) is 47.3 Å². The predicted octanol–water partition coefficient (Wildman–Crippen LogP) is 2.69. The van der Waals surface area contributed by atoms with E-state index in [9.17, 15) is 0 Å². The van der Waals surface area contributed by atoms with Crippen molar-refractivity contribution in [3.63, 3.8) is 0 Å². The van der Waals surface area contributed by atoms with E-state index in [1.54, 1.807) is 0 Å². The van der Waals surface area contributed by atoms with E-state index in [-0.39, 0.29) is 0 Å². The van der Waals surface area contributed by atoms with Gasteiger partial charge in [0.2, 0.25) is 0 Å². The minimum absolute atomic E-state index is 0.374. The molecule has 0 aromatic rings. The summed E-state index contributed by atoms with van der Waals surface area (Å²) < 4.78 is 1.28. The summed E-state index contributed by atoms with van der Waals surface area (Å²) in [5, 5.41) is 0. The summed E-state index contributed by atoms with van der Waals surface area (Å²) in [6.07, 6.45) is 1.24. The lowest BCUT2D eigenvalue weighted by Gasteiger charge is -2.38. The summed E-state index contributed by atoms with van der Waals surface area (Å²) in [5.74, 6) is 0. The van der Waals surface area contributed by atoms with Gasteiger partial charge in [0.25, 0.3) is 0 Å². The minimum atomic E-state index is 0.374. The van der Waals surface area contributed by atoms with E-state index in [0.717, 1.165) is 6.04 Å². The largest absolute Gasteiger partial charge is 0.308 e. The van der Waals surface area contributed by atoms with Crippen LogP contribution in [0.5, 0.6) is 0 Å². The van der Waals surface area contributed by atoms with Crippen LogP contribution in [0, 0.1) is 0 Å². The molecule has 0 radical (unpaired) electrons. The van der Waals surface area contributed by atoms with Gasteiger partial charge >= 0.3 is 0 Å². The van der Waals surface area contributed by atoms with Gasteiger partial charge in [-0.1, -0.05) is 6.92 Å². The molecule has 1 aliphatic heterocycles. The molecule has 2 nitrogen and oxygen atoms in total. The number of rotatable bonds is 4. The highest BCUT2D eigenvalue weighted by atomic mass is 15.5. The first-order chi connectivity index (χ1) is 6.91. The molecule has 1 rings (SSSR count). The van der Waals surface area contributed by atoms with E-state index in [1.165, 1.54) is 37.2 Å². The van der Waals surface area contributed by atoms with E-state index in [0.29, 0.717) is 5.54 Å². The van der Waals surface area contributed by atoms with Crippen LogP contribution in [0.25, 0.3) is 0 Å². The molecule has 0 spiro atoms. The van der Waals surface area contributed by atoms with Gasteiger partial charge in [-0.15, -0.1) is 0 Å². The average molecular weight is 213 g/mol. The Morgan fingerprint density at radius 2 is 1.73 bits per heavy atom. The Hall–Kier alpha value is -0.0800. The molecule has 0 bridgehead atoms. The van der Waals surface area contributed by atoms with Crippen LogP contribution in [0.3, 0.4) is 0 Å². The van der Waals surface area contributed by atoms with Crippen molar-refractivity contribution in [3.05, 3.63) is 0 Å². The smallest absolute Gasteiger partial charge is 0.135 e. The van der Waals surface area contributed by atoms with Crippen molar-refractivity contribution in [2.24, 2.45) is 0 Å². The molecular weight excluding hydrogens is 184 g/mol. The van der Waals surface area contributed by atoms with E-state index < -0.39 is 0 Å². The van der Waals surface area contributed by atoms with Crippen molar-refractivity contribution in [1.82, 2.24) is 4.90 Å². The maximum Gasteiger partial charge on any atom is 0.135 e. The van der Waals surface area contributed by atoms with Gasteiger partial charge in [0.05, 0.1) is 19.6 Å². The lowest BCUT2D eigenvalue weighted by Crippen LogP contribution is -2.52. The number of hydrogen-bond donors (Lipinski definition) is 0. The quantitative estimate of drug-likeness (QED) is 0.649. The van der Waals surface area contributed by atoms with Crippen LogP contribution in [0.1, 0.15) is 48.0 Å². The molecule has 2 heteroatoms. The van der Waals surface area contributed by atoms with Crippen LogP contribution in [0.15, 0.2) is 0 Å². The molecule has 1 unspecified atom stereocenters. The molecule has 1 aliphatic rings. The van der Waals surface area contributed by atoms with Crippen molar-refractivity contribution in [3.8, 4) is 0 Å². The van der Waals surface area contributed by atoms with Gasteiger partial charge in [0.1, 0.15) is 12.7 Å². The van der Waals surface area contributed by atoms with Crippen molar-refractivity contribution < 1.29 is 4.48 Å². The molecule has 0 aromatic carbocycles. The molecule has 1 atom stereocenters. The normalized spacial score (nSPS) is 27.2. The van der Waals surface area contributed by atoms with Crippen LogP contribution >= 0.6 is 0 Å². The Morgan fingerprint density at radius 3 is 2.07 bits per heavy atom. The van der Waals surface area contributed by atoms with Gasteiger partial charge in [0.15, 0.2) is 0 Å². The van der Waals surface area contributed by atoms with Gasteiger partial charge in [-0.25, -0.2) is 4.90 Å². The number of quaternary nitrogens is 1. The van der Waals surface area contributed by atoms with Gasteiger partial charge in [-0.2, -0.15) is 0 Å². The summed E-state index contributed by atoms with van der Waals surface area (Å²) in [6.45, 7) is 19.2. The van der Waals surface area contributed by atoms with Gasteiger partial charge < -0.3 is 4.48 Å². The summed E-state index contributed by atoms with van der Waals surface area (Å²) in [6, 6.07) is 0.797. The first-order valence-corrected chi connectivity index (χ1v) is 6.52. The third-order valence-electron chi connectivity index (χ3n) is 4.85. The Morgan fingerprint density at radius 1 is 1.20 bits per heavy atom. The summed E-state index contributed by atoms with van der Waals surface area (Å²) in [4.78, 5) is 2.69. The van der Waals surface area contributed by atoms with Crippen molar-refractivity contribution in [2.75, 3.05) is 26.3 Å². The minimum Gasteiger partial charge on any atom is -0.308 e. The van der Waals surface area contributed by atoms with Crippen LogP contribution in [-0.2, 0) is 0 Å². The fourth-order valence-electron chi connectivity index (χ4n) is 2.74. The average Bonchev–Trinajstić information content (AvgIpc) is 2.57. The molecule has 1 heterocycles. The second-order valence-electron chi connectivity index (χ2n) is 5.73. The van der Waals surface area contributed by atoms with Crippen LogP contribution in [0.4, 0.5) is 0 Å². The highest BCUT2D eigenvalue weighted by Gasteiger charge is 2.44. The monoisotopic (exact) mass is 213 g/mol. The SMILES string of the molecule is CCC(C)(C)N1CC(C)[N+](CC)(CC)C1. The molecule has 0 aromatic heterocycles. The molecule has 0 N–H and O–H groups in total. The topological polar surface area (TPSA) is 3.24 Å². The molecule has 0 aliphatic carbocycles. The molecular formula is C13H29N2+. The lowest BCUT2D eigenvalue weighted by molar-refractivity contribution is -0.938. The number of hydrogen-bond acceptors (Lipinski definition) is 1. The molecule has 1 fully saturated rings. The fourth-order valence-corrected chi connectivity index (χ4v) is 2.74. The molecule has 90 valence electrons. The molecule has 15 heavy (non-hydrogen) atoms. The number of nitrogens with zero attached hydrogens (tertiary/aromatic N) is 2. The Kier molecular flexibility index (Phi) is 3.83. The van der Waals surface area contributed by atoms with Gasteiger partial charge in [0, 0.05) is 5.54 Å². The molecule has 0 amide bonds. The zero-order chi connectivity index (χ0) is 11.7. The van der Waals surface area contributed by atoms with E-state index in [1.807, 2.05) is 0 Å².